The van der Waals surface area contributed by atoms with Gasteiger partial charge >= 0.3 is 0 Å². The van der Waals surface area contributed by atoms with Crippen LogP contribution >= 0.6 is 11.6 Å². The maximum absolute atomic E-state index is 10.2. The molecule has 3 heteroatoms. The normalized spacial score (nSPS) is 10.9. The first kappa shape index (κ1) is 9.67. The Bertz CT molecular complexity index is 260. The zero-order valence-electron chi connectivity index (χ0n) is 5.80. The van der Waals surface area contributed by atoms with Crippen LogP contribution in [0, 0.1) is 11.3 Å². The summed E-state index contributed by atoms with van der Waals surface area (Å²) in [6, 6.07) is 1.72. The van der Waals surface area contributed by atoms with Crippen molar-refractivity contribution in [3.05, 3.63) is 35.4 Å². The van der Waals surface area contributed by atoms with E-state index in [9.17, 15) is 4.79 Å². The molecule has 0 bridgehead atoms. The highest BCUT2D eigenvalue weighted by Gasteiger charge is 2.02. The van der Waals surface area contributed by atoms with Crippen LogP contribution in [0.25, 0.3) is 0 Å². The molecule has 11 heavy (non-hydrogen) atoms. The molecule has 0 unspecified atom stereocenters. The molecule has 0 aliphatic rings. The molecule has 0 saturated carbocycles. The maximum atomic E-state index is 10.2. The summed E-state index contributed by atoms with van der Waals surface area (Å²) in [7, 11) is 0. The van der Waals surface area contributed by atoms with Gasteiger partial charge in [-0.15, -0.1) is 0 Å². The zero-order valence-corrected chi connectivity index (χ0v) is 6.56. The number of hydrogen-bond donors (Lipinski definition) is 0. The molecule has 0 N–H and O–H groups in total. The molecular weight excluding hydrogens is 162 g/mol. The van der Waals surface area contributed by atoms with Crippen LogP contribution in [0.5, 0.6) is 0 Å². The van der Waals surface area contributed by atoms with Gasteiger partial charge in [-0.1, -0.05) is 30.8 Å². The molecule has 0 rings (SSSR count). The summed E-state index contributed by atoms with van der Waals surface area (Å²) in [6.45, 7) is 6.68. The number of allylic oxidation sites excluding steroid dienone is 4. The van der Waals surface area contributed by atoms with Gasteiger partial charge in [-0.3, -0.25) is 4.79 Å². The van der Waals surface area contributed by atoms with E-state index >= 15 is 0 Å². The number of halogens is 1. The first-order chi connectivity index (χ1) is 5.17. The van der Waals surface area contributed by atoms with Crippen molar-refractivity contribution in [1.29, 1.82) is 5.26 Å². The van der Waals surface area contributed by atoms with E-state index in [2.05, 4.69) is 13.2 Å². The topological polar surface area (TPSA) is 40.9 Å². The van der Waals surface area contributed by atoms with Crippen LogP contribution in [0.15, 0.2) is 35.4 Å². The lowest BCUT2D eigenvalue weighted by atomic mass is 10.2. The van der Waals surface area contributed by atoms with Gasteiger partial charge in [0.25, 0.3) is 0 Å². The minimum absolute atomic E-state index is 0.0532. The van der Waals surface area contributed by atoms with E-state index in [0.717, 1.165) is 0 Å². The molecule has 0 aliphatic heterocycles. The van der Waals surface area contributed by atoms with Crippen molar-refractivity contribution in [1.82, 2.24) is 0 Å². The molecule has 0 amide bonds. The second kappa shape index (κ2) is 4.48. The lowest BCUT2D eigenvalue weighted by molar-refractivity contribution is -0.104. The Morgan fingerprint density at radius 1 is 1.64 bits per heavy atom. The van der Waals surface area contributed by atoms with Gasteiger partial charge in [0.15, 0.2) is 6.29 Å². The predicted molar refractivity (Wildman–Crippen MR) is 43.9 cm³/mol. The number of carbonyl (C=O) groups is 1. The van der Waals surface area contributed by atoms with E-state index in [-0.39, 0.29) is 16.2 Å². The fourth-order valence-corrected chi connectivity index (χ4v) is 0.577. The van der Waals surface area contributed by atoms with Gasteiger partial charge in [0, 0.05) is 5.57 Å². The number of nitriles is 1. The van der Waals surface area contributed by atoms with Crippen LogP contribution in [-0.4, -0.2) is 6.29 Å². The van der Waals surface area contributed by atoms with E-state index in [1.807, 2.05) is 0 Å². The van der Waals surface area contributed by atoms with Crippen LogP contribution in [0.1, 0.15) is 0 Å². The van der Waals surface area contributed by atoms with Gasteiger partial charge in [-0.2, -0.15) is 5.26 Å². The maximum Gasteiger partial charge on any atom is 0.151 e. The quantitative estimate of drug-likeness (QED) is 0.279. The standard InChI is InChI=1S/C8H6ClNO/c1-3-7(5-11)8(9)6(2)4-10/h3,5H,1-2H2/b8-7-. The summed E-state index contributed by atoms with van der Waals surface area (Å²) < 4.78 is 0. The smallest absolute Gasteiger partial charge is 0.151 e. The van der Waals surface area contributed by atoms with Crippen molar-refractivity contribution in [2.24, 2.45) is 0 Å². The lowest BCUT2D eigenvalue weighted by Gasteiger charge is -1.94. The monoisotopic (exact) mass is 167 g/mol. The molecule has 0 saturated heterocycles. The summed E-state index contributed by atoms with van der Waals surface area (Å²) >= 11 is 5.55. The molecule has 2 nitrogen and oxygen atoms in total. The predicted octanol–water partition coefficient (Wildman–Crippen LogP) is 1.94. The fourth-order valence-electron chi connectivity index (χ4n) is 0.413. The summed E-state index contributed by atoms with van der Waals surface area (Å²) in [5, 5.41) is 8.38. The Labute approximate surface area is 70.1 Å². The van der Waals surface area contributed by atoms with Gasteiger partial charge in [-0.05, 0) is 0 Å². The molecule has 56 valence electrons. The first-order valence-electron chi connectivity index (χ1n) is 2.74. The van der Waals surface area contributed by atoms with Gasteiger partial charge in [-0.25, -0.2) is 0 Å². The number of aldehydes is 1. The van der Waals surface area contributed by atoms with Gasteiger partial charge < -0.3 is 0 Å². The van der Waals surface area contributed by atoms with Gasteiger partial charge in [0.1, 0.15) is 6.07 Å². The number of rotatable bonds is 3. The number of hydrogen-bond acceptors (Lipinski definition) is 2. The fraction of sp³-hybridized carbons (Fsp3) is 0. The SMILES string of the molecule is C=C/C(C=O)=C(/Cl)C(=C)C#N. The van der Waals surface area contributed by atoms with E-state index < -0.39 is 0 Å². The van der Waals surface area contributed by atoms with E-state index in [4.69, 9.17) is 16.9 Å². The molecule has 0 heterocycles. The second-order valence-corrected chi connectivity index (χ2v) is 2.06. The molecule has 0 aromatic heterocycles. The minimum atomic E-state index is 0.0532. The molecule has 0 aliphatic carbocycles. The number of nitrogens with zero attached hydrogens (tertiary/aromatic N) is 1. The summed E-state index contributed by atoms with van der Waals surface area (Å²) in [6.07, 6.45) is 1.80. The highest BCUT2D eigenvalue weighted by Crippen LogP contribution is 2.16. The van der Waals surface area contributed by atoms with Gasteiger partial charge in [0.2, 0.25) is 0 Å². The van der Waals surface area contributed by atoms with E-state index in [1.54, 1.807) is 6.07 Å². The summed E-state index contributed by atoms with van der Waals surface area (Å²) in [5.74, 6) is 0. The third-order valence-corrected chi connectivity index (χ3v) is 1.45. The lowest BCUT2D eigenvalue weighted by Crippen LogP contribution is -1.85. The highest BCUT2D eigenvalue weighted by molar-refractivity contribution is 6.34. The van der Waals surface area contributed by atoms with Crippen molar-refractivity contribution in [3.63, 3.8) is 0 Å². The van der Waals surface area contributed by atoms with Gasteiger partial charge in [0.05, 0.1) is 10.6 Å². The average molecular weight is 168 g/mol. The molecular formula is C8H6ClNO. The Morgan fingerprint density at radius 2 is 2.18 bits per heavy atom. The van der Waals surface area contributed by atoms with E-state index in [0.29, 0.717) is 6.29 Å². The second-order valence-electron chi connectivity index (χ2n) is 1.68. The third-order valence-electron chi connectivity index (χ3n) is 1.00. The molecule has 0 aromatic carbocycles. The van der Waals surface area contributed by atoms with Crippen LogP contribution in [0.2, 0.25) is 0 Å². The van der Waals surface area contributed by atoms with Crippen molar-refractivity contribution in [2.75, 3.05) is 0 Å². The van der Waals surface area contributed by atoms with Crippen molar-refractivity contribution in [3.8, 4) is 6.07 Å². The molecule has 0 spiro atoms. The largest absolute Gasteiger partial charge is 0.298 e. The van der Waals surface area contributed by atoms with Crippen molar-refractivity contribution >= 4 is 17.9 Å². The minimum Gasteiger partial charge on any atom is -0.298 e. The van der Waals surface area contributed by atoms with Crippen LogP contribution in [0.3, 0.4) is 0 Å². The Morgan fingerprint density at radius 3 is 2.45 bits per heavy atom. The highest BCUT2D eigenvalue weighted by atomic mass is 35.5. The summed E-state index contributed by atoms with van der Waals surface area (Å²) in [4.78, 5) is 10.2. The van der Waals surface area contributed by atoms with Crippen LogP contribution in [-0.2, 0) is 4.79 Å². The molecule has 0 aromatic rings. The number of carbonyl (C=O) groups excluding carboxylic acids is 1. The first-order valence-corrected chi connectivity index (χ1v) is 3.12. The third kappa shape index (κ3) is 2.40. The summed E-state index contributed by atoms with van der Waals surface area (Å²) in [5.41, 5.74) is 0.242. The van der Waals surface area contributed by atoms with Crippen molar-refractivity contribution in [2.45, 2.75) is 0 Å². The average Bonchev–Trinajstić information content (AvgIpc) is 2.05. The Kier molecular flexibility index (Phi) is 3.94. The van der Waals surface area contributed by atoms with E-state index in [1.165, 1.54) is 6.08 Å². The van der Waals surface area contributed by atoms with Crippen LogP contribution in [0.4, 0.5) is 0 Å². The molecule has 0 radical (unpaired) electrons. The Balaban J connectivity index is 4.93. The Hall–Kier alpha value is -1.33. The molecule has 0 atom stereocenters. The molecule has 0 fully saturated rings. The van der Waals surface area contributed by atoms with Crippen molar-refractivity contribution < 1.29 is 4.79 Å². The zero-order chi connectivity index (χ0) is 8.85. The van der Waals surface area contributed by atoms with Crippen LogP contribution < -0.4 is 0 Å².